The lowest BCUT2D eigenvalue weighted by atomic mass is 10.0. The van der Waals surface area contributed by atoms with Crippen molar-refractivity contribution in [2.45, 2.75) is 55.0 Å². The molecule has 0 spiro atoms. The van der Waals surface area contributed by atoms with Gasteiger partial charge in [0, 0.05) is 29.0 Å². The van der Waals surface area contributed by atoms with E-state index < -0.39 is 15.8 Å². The average Bonchev–Trinajstić information content (AvgIpc) is 3.19. The quantitative estimate of drug-likeness (QED) is 0.450. The topological polar surface area (TPSA) is 125 Å². The van der Waals surface area contributed by atoms with Crippen LogP contribution >= 0.6 is 11.8 Å². The Morgan fingerprint density at radius 1 is 1.36 bits per heavy atom. The van der Waals surface area contributed by atoms with Gasteiger partial charge in [-0.05, 0) is 31.9 Å². The van der Waals surface area contributed by atoms with Crippen LogP contribution in [-0.4, -0.2) is 53.6 Å². The number of allylic oxidation sites excluding steroid dienone is 1. The van der Waals surface area contributed by atoms with Gasteiger partial charge in [-0.1, -0.05) is 18.6 Å². The standard InChI is InChI=1S/C10H16N2O3S.C8H9NO2S/c13-8(14)4-2-1-3-7-9-6(5-16-7)11-10(15)12-9;1-2-7-12(10,11)8-5-3-4-6-9-8/h6-7,9H,1-5H2,(H,13,14)(H2,11,12,15);2-7H,1H3/t6-,7-,9-;/m0./s1. The summed E-state index contributed by atoms with van der Waals surface area (Å²) in [6.07, 6.45) is 5.81. The molecule has 0 bridgehead atoms. The molecular weight excluding hydrogens is 402 g/mol. The number of thioether (sulfide) groups is 1. The molecule has 3 atom stereocenters. The van der Waals surface area contributed by atoms with Crippen LogP contribution in [0.25, 0.3) is 0 Å². The van der Waals surface area contributed by atoms with Crippen molar-refractivity contribution in [2.75, 3.05) is 5.75 Å². The highest BCUT2D eigenvalue weighted by atomic mass is 32.2. The third-order valence-electron chi connectivity index (χ3n) is 4.31. The number of amides is 2. The number of nitrogens with one attached hydrogen (secondary N) is 2. The molecule has 0 aromatic carbocycles. The number of carbonyl (C=O) groups is 2. The third kappa shape index (κ3) is 6.52. The van der Waals surface area contributed by atoms with E-state index in [9.17, 15) is 18.0 Å². The van der Waals surface area contributed by atoms with Crippen LogP contribution in [-0.2, 0) is 14.6 Å². The monoisotopic (exact) mass is 427 g/mol. The Bertz CT molecular complexity index is 799. The highest BCUT2D eigenvalue weighted by Gasteiger charge is 2.42. The zero-order chi connectivity index (χ0) is 20.6. The number of unbranched alkanes of at least 4 members (excludes halogenated alkanes) is 1. The molecule has 2 aliphatic rings. The van der Waals surface area contributed by atoms with Crippen LogP contribution < -0.4 is 10.6 Å². The molecule has 2 fully saturated rings. The Kier molecular flexibility index (Phi) is 8.31. The number of carboxylic acids is 1. The Hall–Kier alpha value is -2.07. The number of hydrogen-bond donors (Lipinski definition) is 3. The zero-order valence-corrected chi connectivity index (χ0v) is 17.2. The van der Waals surface area contributed by atoms with Gasteiger partial charge in [0.1, 0.15) is 0 Å². The van der Waals surface area contributed by atoms with Crippen LogP contribution in [0.15, 0.2) is 40.9 Å². The molecule has 3 N–H and O–H groups in total. The van der Waals surface area contributed by atoms with Gasteiger partial charge in [0.15, 0.2) is 5.03 Å². The number of sulfone groups is 1. The summed E-state index contributed by atoms with van der Waals surface area (Å²) in [6, 6.07) is 5.23. The van der Waals surface area contributed by atoms with Crippen molar-refractivity contribution in [3.8, 4) is 0 Å². The summed E-state index contributed by atoms with van der Waals surface area (Å²) in [7, 11) is -3.30. The molecule has 2 saturated heterocycles. The highest BCUT2D eigenvalue weighted by molar-refractivity contribution is 8.00. The Labute approximate surface area is 169 Å². The molecular formula is C18H25N3O5S2. The van der Waals surface area contributed by atoms with Crippen molar-refractivity contribution >= 4 is 33.6 Å². The minimum Gasteiger partial charge on any atom is -0.481 e. The number of aromatic nitrogens is 1. The summed E-state index contributed by atoms with van der Waals surface area (Å²) in [5, 5.41) is 16.0. The molecule has 3 heterocycles. The number of aliphatic carboxylic acids is 1. The molecule has 3 rings (SSSR count). The van der Waals surface area contributed by atoms with Gasteiger partial charge < -0.3 is 15.7 Å². The van der Waals surface area contributed by atoms with E-state index in [-0.39, 0.29) is 29.6 Å². The van der Waals surface area contributed by atoms with E-state index in [4.69, 9.17) is 5.11 Å². The van der Waals surface area contributed by atoms with Gasteiger partial charge in [-0.2, -0.15) is 11.8 Å². The molecule has 154 valence electrons. The Balaban J connectivity index is 0.000000209. The van der Waals surface area contributed by atoms with Gasteiger partial charge in [0.2, 0.25) is 9.84 Å². The molecule has 1 aromatic rings. The van der Waals surface area contributed by atoms with Crippen molar-refractivity contribution in [3.63, 3.8) is 0 Å². The van der Waals surface area contributed by atoms with E-state index in [2.05, 4.69) is 15.6 Å². The number of fused-ring (bicyclic) bond motifs is 1. The van der Waals surface area contributed by atoms with E-state index >= 15 is 0 Å². The van der Waals surface area contributed by atoms with Gasteiger partial charge in [0.05, 0.1) is 12.1 Å². The number of nitrogens with zero attached hydrogens (tertiary/aromatic N) is 1. The summed E-state index contributed by atoms with van der Waals surface area (Å²) >= 11 is 1.87. The number of urea groups is 1. The fraction of sp³-hybridized carbons (Fsp3) is 0.500. The molecule has 0 radical (unpaired) electrons. The fourth-order valence-electron chi connectivity index (χ4n) is 3.03. The number of rotatable bonds is 7. The lowest BCUT2D eigenvalue weighted by Crippen LogP contribution is -2.36. The van der Waals surface area contributed by atoms with Crippen LogP contribution in [0.5, 0.6) is 0 Å². The van der Waals surface area contributed by atoms with Gasteiger partial charge in [-0.25, -0.2) is 18.2 Å². The number of pyridine rings is 1. The Morgan fingerprint density at radius 2 is 2.14 bits per heavy atom. The largest absolute Gasteiger partial charge is 0.481 e. The second-order valence-corrected chi connectivity index (χ2v) is 9.50. The van der Waals surface area contributed by atoms with Crippen molar-refractivity contribution in [1.82, 2.24) is 15.6 Å². The van der Waals surface area contributed by atoms with Crippen molar-refractivity contribution in [3.05, 3.63) is 35.9 Å². The van der Waals surface area contributed by atoms with E-state index in [1.54, 1.807) is 19.1 Å². The first-order valence-electron chi connectivity index (χ1n) is 9.02. The summed E-state index contributed by atoms with van der Waals surface area (Å²) in [4.78, 5) is 25.2. The maximum atomic E-state index is 11.3. The molecule has 8 nitrogen and oxygen atoms in total. The van der Waals surface area contributed by atoms with Crippen LogP contribution in [0.2, 0.25) is 0 Å². The maximum absolute atomic E-state index is 11.3. The second kappa shape index (κ2) is 10.5. The van der Waals surface area contributed by atoms with Gasteiger partial charge >= 0.3 is 12.0 Å². The molecule has 0 aliphatic carbocycles. The molecule has 1 aromatic heterocycles. The molecule has 0 saturated carbocycles. The molecule has 28 heavy (non-hydrogen) atoms. The normalized spacial score (nSPS) is 23.5. The summed E-state index contributed by atoms with van der Waals surface area (Å²) < 4.78 is 22.6. The second-order valence-electron chi connectivity index (χ2n) is 6.44. The number of carbonyl (C=O) groups excluding carboxylic acids is 1. The molecule has 2 aliphatic heterocycles. The van der Waals surface area contributed by atoms with Crippen molar-refractivity contribution < 1.29 is 23.1 Å². The van der Waals surface area contributed by atoms with Gasteiger partial charge in [0.25, 0.3) is 0 Å². The van der Waals surface area contributed by atoms with Crippen LogP contribution in [0.4, 0.5) is 4.79 Å². The third-order valence-corrected chi connectivity index (χ3v) is 7.28. The lowest BCUT2D eigenvalue weighted by Gasteiger charge is -2.16. The summed E-state index contributed by atoms with van der Waals surface area (Å²) in [5.41, 5.74) is 0. The molecule has 0 unspecified atom stereocenters. The Morgan fingerprint density at radius 3 is 2.79 bits per heavy atom. The number of hydrogen-bond acceptors (Lipinski definition) is 6. The first-order valence-corrected chi connectivity index (χ1v) is 11.6. The first-order chi connectivity index (χ1) is 13.3. The van der Waals surface area contributed by atoms with Crippen molar-refractivity contribution in [1.29, 1.82) is 0 Å². The fourth-order valence-corrected chi connectivity index (χ4v) is 5.55. The maximum Gasteiger partial charge on any atom is 0.315 e. The minimum absolute atomic E-state index is 0.0640. The van der Waals surface area contributed by atoms with E-state index in [1.807, 2.05) is 11.8 Å². The average molecular weight is 428 g/mol. The SMILES string of the molecule is CC=CS(=O)(=O)c1ccccn1.O=C(O)CCCC[C@@H]1SC[C@@H]2NC(=O)N[C@@H]21. The van der Waals surface area contributed by atoms with E-state index in [0.717, 1.165) is 30.4 Å². The minimum atomic E-state index is -3.30. The molecule has 2 amide bonds. The first kappa shape index (κ1) is 22.2. The summed E-state index contributed by atoms with van der Waals surface area (Å²) in [6.45, 7) is 1.65. The zero-order valence-electron chi connectivity index (χ0n) is 15.6. The van der Waals surface area contributed by atoms with Crippen LogP contribution in [0, 0.1) is 0 Å². The van der Waals surface area contributed by atoms with Gasteiger partial charge in [-0.3, -0.25) is 4.79 Å². The van der Waals surface area contributed by atoms with E-state index in [1.165, 1.54) is 18.3 Å². The predicted molar refractivity (Wildman–Crippen MR) is 108 cm³/mol. The predicted octanol–water partition coefficient (Wildman–Crippen LogP) is 2.19. The number of carboxylic acid groups (broad SMARTS) is 1. The van der Waals surface area contributed by atoms with E-state index in [0.29, 0.717) is 5.25 Å². The van der Waals surface area contributed by atoms with Crippen molar-refractivity contribution in [2.24, 2.45) is 0 Å². The molecule has 10 heteroatoms. The summed E-state index contributed by atoms with van der Waals surface area (Å²) in [5.74, 6) is 0.236. The van der Waals surface area contributed by atoms with Gasteiger partial charge in [-0.15, -0.1) is 0 Å². The van der Waals surface area contributed by atoms with Crippen LogP contribution in [0.3, 0.4) is 0 Å². The smallest absolute Gasteiger partial charge is 0.315 e. The lowest BCUT2D eigenvalue weighted by molar-refractivity contribution is -0.137. The highest BCUT2D eigenvalue weighted by Crippen LogP contribution is 2.33. The van der Waals surface area contributed by atoms with Crippen LogP contribution in [0.1, 0.15) is 32.6 Å².